The molecular weight excluding hydrogens is 224 g/mol. The van der Waals surface area contributed by atoms with E-state index < -0.39 is 0 Å². The second kappa shape index (κ2) is 4.81. The number of nitrogen functional groups attached to an aromatic ring is 1. The van der Waals surface area contributed by atoms with Crippen molar-refractivity contribution in [1.29, 1.82) is 0 Å². The zero-order valence-corrected chi connectivity index (χ0v) is 9.28. The lowest BCUT2D eigenvalue weighted by molar-refractivity contribution is 1.01. The third kappa shape index (κ3) is 2.61. The molecule has 4 nitrogen and oxygen atoms in total. The Labute approximate surface area is 98.5 Å². The number of nitrogens with zero attached hydrogens (tertiary/aromatic N) is 2. The van der Waals surface area contributed by atoms with Gasteiger partial charge in [-0.2, -0.15) is 0 Å². The molecule has 3 N–H and O–H groups in total. The first-order chi connectivity index (χ1) is 7.75. The van der Waals surface area contributed by atoms with E-state index in [9.17, 15) is 0 Å². The highest BCUT2D eigenvalue weighted by Crippen LogP contribution is 2.16. The molecule has 2 aromatic rings. The van der Waals surface area contributed by atoms with Gasteiger partial charge < -0.3 is 11.1 Å². The molecule has 5 heteroatoms. The maximum atomic E-state index is 6.02. The predicted octanol–water partition coefficient (Wildman–Crippen LogP) is 2.32. The number of benzene rings is 1. The van der Waals surface area contributed by atoms with E-state index in [1.54, 1.807) is 12.1 Å². The molecule has 0 bridgehead atoms. The Morgan fingerprint density at radius 1 is 1.12 bits per heavy atom. The molecule has 0 saturated carbocycles. The number of halogens is 1. The van der Waals surface area contributed by atoms with Crippen LogP contribution in [0.2, 0.25) is 5.02 Å². The van der Waals surface area contributed by atoms with E-state index in [0.717, 1.165) is 10.6 Å². The third-order valence-corrected chi connectivity index (χ3v) is 2.47. The number of nitrogens with one attached hydrogen (secondary N) is 1. The molecule has 1 heterocycles. The summed E-state index contributed by atoms with van der Waals surface area (Å²) in [6.07, 6.45) is 0. The Hall–Kier alpha value is -1.81. The standard InChI is InChI=1S/C11H11ClN4/c12-9-4-2-1-3-8(9)7-14-11-6-5-10(13)15-16-11/h1-6H,7H2,(H2,13,15)(H,14,16). The van der Waals surface area contributed by atoms with Crippen LogP contribution in [0.15, 0.2) is 36.4 Å². The second-order valence-electron chi connectivity index (χ2n) is 3.29. The smallest absolute Gasteiger partial charge is 0.149 e. The summed E-state index contributed by atoms with van der Waals surface area (Å²) in [7, 11) is 0. The molecule has 1 aromatic heterocycles. The summed E-state index contributed by atoms with van der Waals surface area (Å²) in [5.74, 6) is 1.08. The summed E-state index contributed by atoms with van der Waals surface area (Å²) in [5, 5.41) is 11.5. The molecular formula is C11H11ClN4. The summed E-state index contributed by atoms with van der Waals surface area (Å²) in [6.45, 7) is 0.609. The summed E-state index contributed by atoms with van der Waals surface area (Å²) >= 11 is 6.02. The van der Waals surface area contributed by atoms with Crippen LogP contribution in [0.1, 0.15) is 5.56 Å². The molecule has 0 spiro atoms. The Bertz CT molecular complexity index is 470. The monoisotopic (exact) mass is 234 g/mol. The molecule has 2 rings (SSSR count). The van der Waals surface area contributed by atoms with Gasteiger partial charge in [-0.1, -0.05) is 29.8 Å². The number of anilines is 2. The number of hydrogen-bond acceptors (Lipinski definition) is 4. The van der Waals surface area contributed by atoms with Crippen LogP contribution < -0.4 is 11.1 Å². The Morgan fingerprint density at radius 2 is 1.94 bits per heavy atom. The molecule has 0 radical (unpaired) electrons. The molecule has 0 fully saturated rings. The summed E-state index contributed by atoms with van der Waals surface area (Å²) in [6, 6.07) is 11.1. The van der Waals surface area contributed by atoms with Crippen molar-refractivity contribution in [2.24, 2.45) is 0 Å². The summed E-state index contributed by atoms with van der Waals surface area (Å²) in [4.78, 5) is 0. The van der Waals surface area contributed by atoms with Crippen LogP contribution in [0, 0.1) is 0 Å². The molecule has 0 aliphatic rings. The minimum absolute atomic E-state index is 0.406. The third-order valence-electron chi connectivity index (χ3n) is 2.10. The van der Waals surface area contributed by atoms with Crippen LogP contribution in [-0.4, -0.2) is 10.2 Å². The first-order valence-electron chi connectivity index (χ1n) is 4.82. The van der Waals surface area contributed by atoms with Gasteiger partial charge in [-0.3, -0.25) is 0 Å². The van der Waals surface area contributed by atoms with E-state index in [1.165, 1.54) is 0 Å². The van der Waals surface area contributed by atoms with E-state index in [4.69, 9.17) is 17.3 Å². The maximum Gasteiger partial charge on any atom is 0.149 e. The van der Waals surface area contributed by atoms with Gasteiger partial charge in [0.15, 0.2) is 0 Å². The fraction of sp³-hybridized carbons (Fsp3) is 0.0909. The highest BCUT2D eigenvalue weighted by atomic mass is 35.5. The van der Waals surface area contributed by atoms with E-state index >= 15 is 0 Å². The van der Waals surface area contributed by atoms with Gasteiger partial charge in [0.2, 0.25) is 0 Å². The normalized spacial score (nSPS) is 10.1. The fourth-order valence-corrected chi connectivity index (χ4v) is 1.47. The van der Waals surface area contributed by atoms with Gasteiger partial charge in [0.1, 0.15) is 11.6 Å². The molecule has 82 valence electrons. The van der Waals surface area contributed by atoms with Crippen molar-refractivity contribution in [3.05, 3.63) is 47.0 Å². The lowest BCUT2D eigenvalue weighted by atomic mass is 10.2. The molecule has 0 aliphatic heterocycles. The summed E-state index contributed by atoms with van der Waals surface area (Å²) in [5.41, 5.74) is 6.45. The van der Waals surface area contributed by atoms with Crippen molar-refractivity contribution >= 4 is 23.2 Å². The minimum atomic E-state index is 0.406. The largest absolute Gasteiger partial charge is 0.382 e. The minimum Gasteiger partial charge on any atom is -0.382 e. The molecule has 0 aliphatic carbocycles. The lowest BCUT2D eigenvalue weighted by Gasteiger charge is -2.06. The highest BCUT2D eigenvalue weighted by Gasteiger charge is 1.99. The first kappa shape index (κ1) is 10.7. The van der Waals surface area contributed by atoms with Crippen molar-refractivity contribution in [3.8, 4) is 0 Å². The van der Waals surface area contributed by atoms with Crippen molar-refractivity contribution in [2.45, 2.75) is 6.54 Å². The molecule has 0 amide bonds. The zero-order valence-electron chi connectivity index (χ0n) is 8.52. The maximum absolute atomic E-state index is 6.02. The van der Waals surface area contributed by atoms with Gasteiger partial charge in [0.25, 0.3) is 0 Å². The topological polar surface area (TPSA) is 63.8 Å². The van der Waals surface area contributed by atoms with E-state index in [-0.39, 0.29) is 0 Å². The van der Waals surface area contributed by atoms with Gasteiger partial charge >= 0.3 is 0 Å². The van der Waals surface area contributed by atoms with Gasteiger partial charge in [-0.25, -0.2) is 0 Å². The van der Waals surface area contributed by atoms with Crippen LogP contribution in [0.25, 0.3) is 0 Å². The van der Waals surface area contributed by atoms with Gasteiger partial charge in [0, 0.05) is 11.6 Å². The molecule has 0 atom stereocenters. The molecule has 0 unspecified atom stereocenters. The van der Waals surface area contributed by atoms with Crippen LogP contribution in [0.4, 0.5) is 11.6 Å². The van der Waals surface area contributed by atoms with Crippen LogP contribution in [-0.2, 0) is 6.54 Å². The molecule has 0 saturated heterocycles. The molecule has 1 aromatic carbocycles. The van der Waals surface area contributed by atoms with E-state index in [1.807, 2.05) is 24.3 Å². The average Bonchev–Trinajstić information content (AvgIpc) is 2.30. The Kier molecular flexibility index (Phi) is 3.22. The fourth-order valence-electron chi connectivity index (χ4n) is 1.26. The van der Waals surface area contributed by atoms with Gasteiger partial charge in [-0.05, 0) is 23.8 Å². The number of aromatic nitrogens is 2. The van der Waals surface area contributed by atoms with Gasteiger partial charge in [-0.15, -0.1) is 10.2 Å². The number of hydrogen-bond donors (Lipinski definition) is 2. The average molecular weight is 235 g/mol. The Morgan fingerprint density at radius 3 is 2.62 bits per heavy atom. The van der Waals surface area contributed by atoms with Crippen LogP contribution in [0.5, 0.6) is 0 Å². The van der Waals surface area contributed by atoms with Crippen molar-refractivity contribution < 1.29 is 0 Å². The highest BCUT2D eigenvalue weighted by molar-refractivity contribution is 6.31. The second-order valence-corrected chi connectivity index (χ2v) is 3.70. The zero-order chi connectivity index (χ0) is 11.4. The van der Waals surface area contributed by atoms with E-state index in [0.29, 0.717) is 18.2 Å². The van der Waals surface area contributed by atoms with Crippen LogP contribution >= 0.6 is 11.6 Å². The Balaban J connectivity index is 2.02. The molecule has 16 heavy (non-hydrogen) atoms. The van der Waals surface area contributed by atoms with Crippen molar-refractivity contribution in [1.82, 2.24) is 10.2 Å². The lowest BCUT2D eigenvalue weighted by Crippen LogP contribution is -2.03. The predicted molar refractivity (Wildman–Crippen MR) is 65.2 cm³/mol. The van der Waals surface area contributed by atoms with E-state index in [2.05, 4.69) is 15.5 Å². The quantitative estimate of drug-likeness (QED) is 0.856. The number of nitrogens with two attached hydrogens (primary N) is 1. The summed E-state index contributed by atoms with van der Waals surface area (Å²) < 4.78 is 0. The van der Waals surface area contributed by atoms with Gasteiger partial charge in [0.05, 0.1) is 0 Å². The first-order valence-corrected chi connectivity index (χ1v) is 5.20. The number of rotatable bonds is 3. The van der Waals surface area contributed by atoms with Crippen molar-refractivity contribution in [2.75, 3.05) is 11.1 Å². The van der Waals surface area contributed by atoms with Crippen molar-refractivity contribution in [3.63, 3.8) is 0 Å². The van der Waals surface area contributed by atoms with Crippen LogP contribution in [0.3, 0.4) is 0 Å². The SMILES string of the molecule is Nc1ccc(NCc2ccccc2Cl)nn1.